The summed E-state index contributed by atoms with van der Waals surface area (Å²) in [4.78, 5) is 17.2. The van der Waals surface area contributed by atoms with Crippen LogP contribution in [0.25, 0.3) is 0 Å². The lowest BCUT2D eigenvalue weighted by Crippen LogP contribution is -2.40. The number of rotatable bonds is 2. The summed E-state index contributed by atoms with van der Waals surface area (Å²) in [7, 11) is 0. The van der Waals surface area contributed by atoms with E-state index in [1.165, 1.54) is 23.3 Å². The number of likely N-dealkylation sites (tertiary alicyclic amines) is 1. The summed E-state index contributed by atoms with van der Waals surface area (Å²) in [6.45, 7) is 1.66. The summed E-state index contributed by atoms with van der Waals surface area (Å²) in [5, 5.41) is 4.34. The van der Waals surface area contributed by atoms with E-state index >= 15 is 0 Å². The number of fused-ring (bicyclic) bond motifs is 1. The minimum Gasteiger partial charge on any atom is -0.336 e. The Hall–Kier alpha value is -1.62. The van der Waals surface area contributed by atoms with Crippen molar-refractivity contribution in [1.29, 1.82) is 0 Å². The van der Waals surface area contributed by atoms with Gasteiger partial charge in [-0.25, -0.2) is 0 Å². The van der Waals surface area contributed by atoms with Crippen molar-refractivity contribution in [1.82, 2.24) is 14.7 Å². The predicted octanol–water partition coefficient (Wildman–Crippen LogP) is 3.30. The smallest absolute Gasteiger partial charge is 0.264 e. The van der Waals surface area contributed by atoms with Gasteiger partial charge < -0.3 is 4.90 Å². The highest BCUT2D eigenvalue weighted by molar-refractivity contribution is 7.14. The molecule has 0 unspecified atom stereocenters. The van der Waals surface area contributed by atoms with Crippen LogP contribution in [0.2, 0.25) is 0 Å². The summed E-state index contributed by atoms with van der Waals surface area (Å²) in [6.07, 6.45) is 10.8. The Morgan fingerprint density at radius 3 is 3.00 bits per heavy atom. The molecule has 0 aromatic carbocycles. The largest absolute Gasteiger partial charge is 0.336 e. The molecule has 0 radical (unpaired) electrons. The molecule has 0 N–H and O–H groups in total. The third-order valence-electron chi connectivity index (χ3n) is 4.79. The molecule has 1 amide bonds. The van der Waals surface area contributed by atoms with Crippen LogP contribution >= 0.6 is 11.3 Å². The second-order valence-corrected chi connectivity index (χ2v) is 7.44. The van der Waals surface area contributed by atoms with Crippen molar-refractivity contribution in [2.24, 2.45) is 0 Å². The molecule has 2 aromatic rings. The maximum Gasteiger partial charge on any atom is 0.264 e. The van der Waals surface area contributed by atoms with Crippen molar-refractivity contribution in [3.05, 3.63) is 39.8 Å². The second kappa shape index (κ2) is 5.88. The lowest BCUT2D eigenvalue weighted by atomic mass is 9.99. The van der Waals surface area contributed by atoms with E-state index in [9.17, 15) is 4.79 Å². The standard InChI is InChI=1S/C17H21N3OS/c21-17(16-11-13-5-1-2-7-15(13)22-16)19-9-3-6-14(12-19)20-10-4-8-18-20/h4,8,10-11,14H,1-3,5-7,9,12H2/t14-/m1/s1. The highest BCUT2D eigenvalue weighted by atomic mass is 32.1. The lowest BCUT2D eigenvalue weighted by Gasteiger charge is -2.32. The van der Waals surface area contributed by atoms with E-state index in [1.807, 2.05) is 28.0 Å². The lowest BCUT2D eigenvalue weighted by molar-refractivity contribution is 0.0678. The Labute approximate surface area is 134 Å². The van der Waals surface area contributed by atoms with Gasteiger partial charge in [0.2, 0.25) is 0 Å². The minimum atomic E-state index is 0.219. The van der Waals surface area contributed by atoms with Crippen LogP contribution in [0.3, 0.4) is 0 Å². The van der Waals surface area contributed by atoms with Gasteiger partial charge in [-0.3, -0.25) is 9.48 Å². The number of aryl methyl sites for hydroxylation is 2. The van der Waals surface area contributed by atoms with Crippen molar-refractivity contribution in [2.45, 2.75) is 44.6 Å². The molecule has 116 valence electrons. The Bertz CT molecular complexity index is 638. The van der Waals surface area contributed by atoms with E-state index in [-0.39, 0.29) is 5.91 Å². The summed E-state index contributed by atoms with van der Waals surface area (Å²) >= 11 is 1.72. The van der Waals surface area contributed by atoms with Crippen LogP contribution < -0.4 is 0 Å². The van der Waals surface area contributed by atoms with E-state index in [2.05, 4.69) is 11.2 Å². The van der Waals surface area contributed by atoms with Gasteiger partial charge in [-0.05, 0) is 56.2 Å². The van der Waals surface area contributed by atoms with Gasteiger partial charge in [-0.1, -0.05) is 0 Å². The number of carbonyl (C=O) groups is 1. The third-order valence-corrected chi connectivity index (χ3v) is 6.02. The van der Waals surface area contributed by atoms with Crippen molar-refractivity contribution in [3.8, 4) is 0 Å². The van der Waals surface area contributed by atoms with E-state index in [0.29, 0.717) is 6.04 Å². The Morgan fingerprint density at radius 2 is 2.18 bits per heavy atom. The van der Waals surface area contributed by atoms with Gasteiger partial charge in [0.1, 0.15) is 0 Å². The number of nitrogens with zero attached hydrogens (tertiary/aromatic N) is 3. The van der Waals surface area contributed by atoms with Crippen LogP contribution in [0.5, 0.6) is 0 Å². The third kappa shape index (κ3) is 2.58. The highest BCUT2D eigenvalue weighted by Crippen LogP contribution is 2.31. The fourth-order valence-corrected chi connectivity index (χ4v) is 4.83. The van der Waals surface area contributed by atoms with Crippen LogP contribution in [0.15, 0.2) is 24.5 Å². The number of aromatic nitrogens is 2. The van der Waals surface area contributed by atoms with Crippen LogP contribution in [0.1, 0.15) is 51.8 Å². The Balaban J connectivity index is 1.51. The molecular weight excluding hydrogens is 294 g/mol. The maximum atomic E-state index is 12.8. The van der Waals surface area contributed by atoms with E-state index in [0.717, 1.165) is 43.6 Å². The van der Waals surface area contributed by atoms with Crippen LogP contribution in [-0.4, -0.2) is 33.7 Å². The van der Waals surface area contributed by atoms with Gasteiger partial charge in [0.25, 0.3) is 5.91 Å². The Morgan fingerprint density at radius 1 is 1.27 bits per heavy atom. The minimum absolute atomic E-state index is 0.219. The fraction of sp³-hybridized carbons (Fsp3) is 0.529. The van der Waals surface area contributed by atoms with Crippen LogP contribution in [0.4, 0.5) is 0 Å². The van der Waals surface area contributed by atoms with Crippen LogP contribution in [0, 0.1) is 0 Å². The van der Waals surface area contributed by atoms with E-state index in [4.69, 9.17) is 0 Å². The molecule has 2 aliphatic rings. The molecule has 1 atom stereocenters. The molecule has 5 heteroatoms. The molecule has 1 aliphatic carbocycles. The average molecular weight is 315 g/mol. The number of piperidine rings is 1. The van der Waals surface area contributed by atoms with Crippen molar-refractivity contribution >= 4 is 17.2 Å². The van der Waals surface area contributed by atoms with Gasteiger partial charge in [0.15, 0.2) is 0 Å². The van der Waals surface area contributed by atoms with Crippen LogP contribution in [-0.2, 0) is 12.8 Å². The number of thiophene rings is 1. The normalized spacial score (nSPS) is 21.6. The molecule has 0 saturated carbocycles. The molecule has 1 fully saturated rings. The van der Waals surface area contributed by atoms with Gasteiger partial charge in [0, 0.05) is 30.4 Å². The molecule has 4 nitrogen and oxygen atoms in total. The number of hydrogen-bond donors (Lipinski definition) is 0. The molecule has 1 aliphatic heterocycles. The molecule has 4 rings (SSSR count). The maximum absolute atomic E-state index is 12.8. The molecule has 2 aromatic heterocycles. The number of carbonyl (C=O) groups excluding carboxylic acids is 1. The molecule has 1 saturated heterocycles. The fourth-order valence-electron chi connectivity index (χ4n) is 3.60. The predicted molar refractivity (Wildman–Crippen MR) is 87.4 cm³/mol. The second-order valence-electron chi connectivity index (χ2n) is 6.30. The SMILES string of the molecule is O=C(c1cc2c(s1)CCCC2)N1CCC[C@@H](n2cccn2)C1. The van der Waals surface area contributed by atoms with Gasteiger partial charge in [-0.2, -0.15) is 5.10 Å². The molecule has 3 heterocycles. The van der Waals surface area contributed by atoms with Crippen molar-refractivity contribution in [2.75, 3.05) is 13.1 Å². The molecule has 0 bridgehead atoms. The summed E-state index contributed by atoms with van der Waals surface area (Å²) in [6, 6.07) is 4.43. The molecule has 22 heavy (non-hydrogen) atoms. The summed E-state index contributed by atoms with van der Waals surface area (Å²) < 4.78 is 2.00. The number of amides is 1. The summed E-state index contributed by atoms with van der Waals surface area (Å²) in [5.41, 5.74) is 1.42. The van der Waals surface area contributed by atoms with Gasteiger partial charge in [-0.15, -0.1) is 11.3 Å². The number of hydrogen-bond acceptors (Lipinski definition) is 3. The topological polar surface area (TPSA) is 38.1 Å². The summed E-state index contributed by atoms with van der Waals surface area (Å²) in [5.74, 6) is 0.219. The first-order valence-corrected chi connectivity index (χ1v) is 9.03. The van der Waals surface area contributed by atoms with Crippen molar-refractivity contribution < 1.29 is 4.79 Å². The van der Waals surface area contributed by atoms with E-state index in [1.54, 1.807) is 11.3 Å². The van der Waals surface area contributed by atoms with Crippen molar-refractivity contribution in [3.63, 3.8) is 0 Å². The quantitative estimate of drug-likeness (QED) is 0.853. The first-order chi connectivity index (χ1) is 10.8. The first kappa shape index (κ1) is 14.0. The van der Waals surface area contributed by atoms with Gasteiger partial charge in [0.05, 0.1) is 10.9 Å². The Kier molecular flexibility index (Phi) is 3.74. The average Bonchev–Trinajstić information content (AvgIpc) is 3.23. The first-order valence-electron chi connectivity index (χ1n) is 8.21. The van der Waals surface area contributed by atoms with Gasteiger partial charge >= 0.3 is 0 Å². The molecule has 0 spiro atoms. The molecular formula is C17H21N3OS. The zero-order valence-electron chi connectivity index (χ0n) is 12.7. The highest BCUT2D eigenvalue weighted by Gasteiger charge is 2.27. The zero-order valence-corrected chi connectivity index (χ0v) is 13.5. The monoisotopic (exact) mass is 315 g/mol. The van der Waals surface area contributed by atoms with E-state index < -0.39 is 0 Å². The zero-order chi connectivity index (χ0) is 14.9.